The molecule has 1 nitrogen and oxygen atoms in total. The van der Waals surface area contributed by atoms with Crippen LogP contribution in [0.2, 0.25) is 0 Å². The molecular weight excluding hydrogens is 178 g/mol. The Balaban J connectivity index is 2.59. The predicted molar refractivity (Wildman–Crippen MR) is 61.2 cm³/mol. The first-order chi connectivity index (χ1) is 6.24. The summed E-state index contributed by atoms with van der Waals surface area (Å²) in [5, 5.41) is 0. The summed E-state index contributed by atoms with van der Waals surface area (Å²) >= 11 is 1.91. The van der Waals surface area contributed by atoms with Crippen molar-refractivity contribution in [1.29, 1.82) is 0 Å². The van der Waals surface area contributed by atoms with Crippen LogP contribution < -0.4 is 5.73 Å². The molecule has 0 aromatic heterocycles. The fraction of sp³-hybridized carbons (Fsp3) is 0.455. The van der Waals surface area contributed by atoms with Gasteiger partial charge in [0.2, 0.25) is 0 Å². The molecule has 0 aliphatic rings. The molecule has 13 heavy (non-hydrogen) atoms. The fourth-order valence-electron chi connectivity index (χ4n) is 1.10. The summed E-state index contributed by atoms with van der Waals surface area (Å²) in [5.41, 5.74) is 7.91. The predicted octanol–water partition coefficient (Wildman–Crippen LogP) is 3.47. The van der Waals surface area contributed by atoms with E-state index in [0.717, 1.165) is 5.69 Å². The van der Waals surface area contributed by atoms with E-state index < -0.39 is 0 Å². The van der Waals surface area contributed by atoms with E-state index in [1.807, 2.05) is 17.8 Å². The van der Waals surface area contributed by atoms with Gasteiger partial charge < -0.3 is 5.73 Å². The van der Waals surface area contributed by atoms with Crippen molar-refractivity contribution in [1.82, 2.24) is 0 Å². The summed E-state index contributed by atoms with van der Waals surface area (Å²) < 4.78 is 0. The summed E-state index contributed by atoms with van der Waals surface area (Å²) in [6.07, 6.45) is 2.53. The highest BCUT2D eigenvalue weighted by molar-refractivity contribution is 7.99. The number of hydrogen-bond acceptors (Lipinski definition) is 2. The monoisotopic (exact) mass is 195 g/mol. The smallest absolute Gasteiger partial charge is 0.0325 e. The number of aryl methyl sites for hydroxylation is 1. The topological polar surface area (TPSA) is 26.0 Å². The van der Waals surface area contributed by atoms with Gasteiger partial charge in [-0.3, -0.25) is 0 Å². The molecule has 0 radical (unpaired) electrons. The summed E-state index contributed by atoms with van der Waals surface area (Å²) in [6, 6.07) is 6.11. The molecule has 0 amide bonds. The van der Waals surface area contributed by atoms with Crippen LogP contribution in [-0.4, -0.2) is 5.75 Å². The van der Waals surface area contributed by atoms with Gasteiger partial charge in [-0.1, -0.05) is 19.4 Å². The summed E-state index contributed by atoms with van der Waals surface area (Å²) in [6.45, 7) is 4.35. The van der Waals surface area contributed by atoms with Gasteiger partial charge in [-0.05, 0) is 36.8 Å². The van der Waals surface area contributed by atoms with E-state index >= 15 is 0 Å². The van der Waals surface area contributed by atoms with Crippen LogP contribution in [0.25, 0.3) is 0 Å². The minimum absolute atomic E-state index is 0.865. The van der Waals surface area contributed by atoms with E-state index in [1.54, 1.807) is 0 Å². The maximum absolute atomic E-state index is 5.72. The van der Waals surface area contributed by atoms with Gasteiger partial charge in [0.05, 0.1) is 0 Å². The zero-order valence-corrected chi connectivity index (χ0v) is 9.16. The number of rotatable bonds is 4. The van der Waals surface area contributed by atoms with E-state index in [-0.39, 0.29) is 0 Å². The highest BCUT2D eigenvalue weighted by Gasteiger charge is 1.98. The lowest BCUT2D eigenvalue weighted by Crippen LogP contribution is -1.88. The van der Waals surface area contributed by atoms with Crippen LogP contribution in [0.15, 0.2) is 23.1 Å². The molecule has 1 aromatic rings. The molecule has 0 saturated heterocycles. The molecule has 0 atom stereocenters. The average Bonchev–Trinajstić information content (AvgIpc) is 2.11. The molecule has 1 rings (SSSR count). The van der Waals surface area contributed by atoms with Crippen LogP contribution in [0, 0.1) is 6.92 Å². The van der Waals surface area contributed by atoms with E-state index in [0.29, 0.717) is 0 Å². The van der Waals surface area contributed by atoms with E-state index in [4.69, 9.17) is 5.73 Å². The molecule has 0 aliphatic carbocycles. The van der Waals surface area contributed by atoms with E-state index in [2.05, 4.69) is 26.0 Å². The van der Waals surface area contributed by atoms with Crippen molar-refractivity contribution < 1.29 is 0 Å². The average molecular weight is 195 g/mol. The van der Waals surface area contributed by atoms with Crippen LogP contribution >= 0.6 is 11.8 Å². The van der Waals surface area contributed by atoms with Gasteiger partial charge in [-0.2, -0.15) is 0 Å². The Morgan fingerprint density at radius 1 is 1.38 bits per heavy atom. The molecule has 0 aliphatic heterocycles. The molecule has 0 saturated carbocycles. The van der Waals surface area contributed by atoms with Crippen molar-refractivity contribution >= 4 is 17.4 Å². The van der Waals surface area contributed by atoms with Gasteiger partial charge >= 0.3 is 0 Å². The minimum Gasteiger partial charge on any atom is -0.399 e. The Labute approximate surface area is 84.7 Å². The molecule has 1 aromatic carbocycles. The van der Waals surface area contributed by atoms with E-state index in [1.165, 1.54) is 29.1 Å². The second-order valence-electron chi connectivity index (χ2n) is 3.23. The first-order valence-electron chi connectivity index (χ1n) is 4.73. The highest BCUT2D eigenvalue weighted by Crippen LogP contribution is 2.25. The molecule has 0 spiro atoms. The van der Waals surface area contributed by atoms with Gasteiger partial charge in [0.15, 0.2) is 0 Å². The number of benzene rings is 1. The third-order valence-electron chi connectivity index (χ3n) is 1.97. The molecule has 0 fully saturated rings. The first kappa shape index (κ1) is 10.5. The standard InChI is InChI=1S/C11H17NS/c1-3-4-7-13-11-8-10(12)6-5-9(11)2/h5-6,8H,3-4,7,12H2,1-2H3. The van der Waals surface area contributed by atoms with Gasteiger partial charge in [0, 0.05) is 10.6 Å². The second-order valence-corrected chi connectivity index (χ2v) is 4.36. The van der Waals surface area contributed by atoms with Crippen LogP contribution in [0.5, 0.6) is 0 Å². The van der Waals surface area contributed by atoms with Crippen molar-refractivity contribution in [2.24, 2.45) is 0 Å². The SMILES string of the molecule is CCCCSc1cc(N)ccc1C. The van der Waals surface area contributed by atoms with Gasteiger partial charge in [-0.15, -0.1) is 11.8 Å². The van der Waals surface area contributed by atoms with Gasteiger partial charge in [-0.25, -0.2) is 0 Å². The Morgan fingerprint density at radius 3 is 2.85 bits per heavy atom. The fourth-order valence-corrected chi connectivity index (χ4v) is 2.27. The van der Waals surface area contributed by atoms with Crippen LogP contribution in [0.3, 0.4) is 0 Å². The van der Waals surface area contributed by atoms with E-state index in [9.17, 15) is 0 Å². The summed E-state index contributed by atoms with van der Waals surface area (Å²) in [7, 11) is 0. The van der Waals surface area contributed by atoms with Crippen molar-refractivity contribution in [2.45, 2.75) is 31.6 Å². The Bertz CT molecular complexity index is 271. The molecule has 0 unspecified atom stereocenters. The largest absolute Gasteiger partial charge is 0.399 e. The molecule has 2 N–H and O–H groups in total. The van der Waals surface area contributed by atoms with Crippen molar-refractivity contribution in [3.8, 4) is 0 Å². The Hall–Kier alpha value is -0.630. The number of unbranched alkanes of at least 4 members (excludes halogenated alkanes) is 1. The maximum Gasteiger partial charge on any atom is 0.0325 e. The molecule has 0 heterocycles. The Kier molecular flexibility index (Phi) is 4.16. The molecule has 2 heteroatoms. The van der Waals surface area contributed by atoms with Crippen molar-refractivity contribution in [3.05, 3.63) is 23.8 Å². The normalized spacial score (nSPS) is 10.3. The lowest BCUT2D eigenvalue weighted by Gasteiger charge is -2.05. The van der Waals surface area contributed by atoms with Crippen LogP contribution in [0.1, 0.15) is 25.3 Å². The minimum atomic E-state index is 0.865. The van der Waals surface area contributed by atoms with Crippen LogP contribution in [-0.2, 0) is 0 Å². The van der Waals surface area contributed by atoms with Gasteiger partial charge in [0.1, 0.15) is 0 Å². The lowest BCUT2D eigenvalue weighted by molar-refractivity contribution is 0.896. The zero-order chi connectivity index (χ0) is 9.68. The summed E-state index contributed by atoms with van der Waals surface area (Å²) in [5.74, 6) is 1.20. The lowest BCUT2D eigenvalue weighted by atomic mass is 10.2. The van der Waals surface area contributed by atoms with Crippen molar-refractivity contribution in [3.63, 3.8) is 0 Å². The van der Waals surface area contributed by atoms with Crippen molar-refractivity contribution in [2.75, 3.05) is 11.5 Å². The molecule has 0 bridgehead atoms. The zero-order valence-electron chi connectivity index (χ0n) is 8.34. The highest BCUT2D eigenvalue weighted by atomic mass is 32.2. The number of hydrogen-bond donors (Lipinski definition) is 1. The quantitative estimate of drug-likeness (QED) is 0.452. The molecule has 72 valence electrons. The third-order valence-corrected chi connectivity index (χ3v) is 3.21. The summed E-state index contributed by atoms with van der Waals surface area (Å²) in [4.78, 5) is 1.33. The third kappa shape index (κ3) is 3.31. The van der Waals surface area contributed by atoms with Crippen LogP contribution in [0.4, 0.5) is 5.69 Å². The number of nitrogen functional groups attached to an aromatic ring is 1. The maximum atomic E-state index is 5.72. The number of anilines is 1. The molecular formula is C11H17NS. The van der Waals surface area contributed by atoms with Gasteiger partial charge in [0.25, 0.3) is 0 Å². The number of thioether (sulfide) groups is 1. The second kappa shape index (κ2) is 5.18. The Morgan fingerprint density at radius 2 is 2.15 bits per heavy atom. The number of nitrogens with two attached hydrogens (primary N) is 1. The first-order valence-corrected chi connectivity index (χ1v) is 5.71.